The summed E-state index contributed by atoms with van der Waals surface area (Å²) in [6, 6.07) is 25.7. The van der Waals surface area contributed by atoms with Gasteiger partial charge in [0.2, 0.25) is 11.7 Å². The van der Waals surface area contributed by atoms with E-state index in [0.29, 0.717) is 17.3 Å². The molecule has 0 radical (unpaired) electrons. The first kappa shape index (κ1) is 20.5. The molecule has 5 heteroatoms. The van der Waals surface area contributed by atoms with Crippen molar-refractivity contribution in [1.82, 2.24) is 15.0 Å². The Hall–Kier alpha value is -3.73. The van der Waals surface area contributed by atoms with Gasteiger partial charge in [0, 0.05) is 17.2 Å². The summed E-state index contributed by atoms with van der Waals surface area (Å²) >= 11 is 0. The molecular formula is C26H25N3O2. The third-order valence-electron chi connectivity index (χ3n) is 5.17. The molecule has 0 bridgehead atoms. The van der Waals surface area contributed by atoms with Gasteiger partial charge in [-0.15, -0.1) is 0 Å². The molecular weight excluding hydrogens is 386 g/mol. The monoisotopic (exact) mass is 411 g/mol. The van der Waals surface area contributed by atoms with Crippen LogP contribution in [0.2, 0.25) is 0 Å². The van der Waals surface area contributed by atoms with Gasteiger partial charge in [-0.2, -0.15) is 4.98 Å². The van der Waals surface area contributed by atoms with Gasteiger partial charge < -0.3 is 9.42 Å². The predicted molar refractivity (Wildman–Crippen MR) is 121 cm³/mol. The van der Waals surface area contributed by atoms with Crippen molar-refractivity contribution >= 4 is 5.91 Å². The zero-order valence-electron chi connectivity index (χ0n) is 17.9. The van der Waals surface area contributed by atoms with E-state index >= 15 is 0 Å². The second-order valence-electron chi connectivity index (χ2n) is 7.85. The average Bonchev–Trinajstić information content (AvgIpc) is 3.26. The minimum atomic E-state index is -0.0649. The molecule has 1 aromatic heterocycles. The van der Waals surface area contributed by atoms with Crippen LogP contribution >= 0.6 is 0 Å². The zero-order valence-corrected chi connectivity index (χ0v) is 17.9. The summed E-state index contributed by atoms with van der Waals surface area (Å²) in [5.41, 5.74) is 4.85. The highest BCUT2D eigenvalue weighted by molar-refractivity contribution is 5.94. The number of rotatable bonds is 6. The van der Waals surface area contributed by atoms with Crippen LogP contribution in [-0.4, -0.2) is 27.0 Å². The Labute approximate surface area is 182 Å². The molecule has 0 unspecified atom stereocenters. The Morgan fingerprint density at radius 2 is 1.58 bits per heavy atom. The van der Waals surface area contributed by atoms with E-state index in [4.69, 9.17) is 4.52 Å². The molecule has 4 aromatic rings. The summed E-state index contributed by atoms with van der Waals surface area (Å²) in [5.74, 6) is 0.881. The van der Waals surface area contributed by atoms with E-state index in [1.165, 1.54) is 0 Å². The molecule has 0 fully saturated rings. The second-order valence-corrected chi connectivity index (χ2v) is 7.85. The van der Waals surface area contributed by atoms with Crippen molar-refractivity contribution in [2.75, 3.05) is 0 Å². The van der Waals surface area contributed by atoms with Gasteiger partial charge in [0.25, 0.3) is 5.91 Å². The molecule has 0 saturated heterocycles. The molecule has 0 spiro atoms. The molecule has 0 aliphatic heterocycles. The van der Waals surface area contributed by atoms with E-state index in [-0.39, 0.29) is 18.5 Å². The second kappa shape index (κ2) is 8.96. The summed E-state index contributed by atoms with van der Waals surface area (Å²) in [5, 5.41) is 4.09. The highest BCUT2D eigenvalue weighted by Gasteiger charge is 2.22. The molecule has 1 heterocycles. The number of amides is 1. The van der Waals surface area contributed by atoms with Crippen molar-refractivity contribution in [2.24, 2.45) is 0 Å². The van der Waals surface area contributed by atoms with Gasteiger partial charge in [-0.05, 0) is 50.1 Å². The fourth-order valence-corrected chi connectivity index (χ4v) is 3.46. The Morgan fingerprint density at radius 1 is 0.903 bits per heavy atom. The fraction of sp³-hybridized carbons (Fsp3) is 0.192. The standard InChI is InChI=1S/C26H25N3O2/c1-18(2)29(17-24-27-25(28-31-24)23-11-7-8-19(3)16-23)26(30)22-14-12-21(13-15-22)20-9-5-4-6-10-20/h4-16,18H,17H2,1-3H3. The first-order valence-corrected chi connectivity index (χ1v) is 10.4. The fourth-order valence-electron chi connectivity index (χ4n) is 3.46. The van der Waals surface area contributed by atoms with Crippen LogP contribution in [0.15, 0.2) is 83.4 Å². The number of carbonyl (C=O) groups is 1. The summed E-state index contributed by atoms with van der Waals surface area (Å²) < 4.78 is 5.45. The zero-order chi connectivity index (χ0) is 21.8. The van der Waals surface area contributed by atoms with Crippen molar-refractivity contribution in [3.05, 3.63) is 95.9 Å². The summed E-state index contributed by atoms with van der Waals surface area (Å²) in [4.78, 5) is 19.4. The highest BCUT2D eigenvalue weighted by atomic mass is 16.5. The lowest BCUT2D eigenvalue weighted by Crippen LogP contribution is -2.36. The third kappa shape index (κ3) is 4.72. The number of nitrogens with zero attached hydrogens (tertiary/aromatic N) is 3. The van der Waals surface area contributed by atoms with Crippen molar-refractivity contribution in [2.45, 2.75) is 33.4 Å². The van der Waals surface area contributed by atoms with Gasteiger partial charge in [0.1, 0.15) is 6.54 Å². The third-order valence-corrected chi connectivity index (χ3v) is 5.17. The van der Waals surface area contributed by atoms with Crippen molar-refractivity contribution in [3.8, 4) is 22.5 Å². The molecule has 0 saturated carbocycles. The number of hydrogen-bond acceptors (Lipinski definition) is 4. The number of aromatic nitrogens is 2. The molecule has 0 atom stereocenters. The maximum atomic E-state index is 13.2. The minimum Gasteiger partial charge on any atom is -0.337 e. The van der Waals surface area contributed by atoms with E-state index in [1.54, 1.807) is 4.90 Å². The van der Waals surface area contributed by atoms with Crippen LogP contribution in [0.5, 0.6) is 0 Å². The molecule has 3 aromatic carbocycles. The lowest BCUT2D eigenvalue weighted by molar-refractivity contribution is 0.0667. The maximum absolute atomic E-state index is 13.2. The van der Waals surface area contributed by atoms with Crippen LogP contribution in [0, 0.1) is 6.92 Å². The maximum Gasteiger partial charge on any atom is 0.254 e. The van der Waals surface area contributed by atoms with Crippen LogP contribution in [0.25, 0.3) is 22.5 Å². The highest BCUT2D eigenvalue weighted by Crippen LogP contribution is 2.22. The molecule has 0 aliphatic carbocycles. The van der Waals surface area contributed by atoms with Crippen LogP contribution in [0.1, 0.15) is 35.7 Å². The minimum absolute atomic E-state index is 0.0179. The molecule has 156 valence electrons. The molecule has 0 N–H and O–H groups in total. The quantitative estimate of drug-likeness (QED) is 0.405. The Balaban J connectivity index is 1.52. The van der Waals surface area contributed by atoms with Crippen LogP contribution < -0.4 is 0 Å². The van der Waals surface area contributed by atoms with Crippen LogP contribution in [-0.2, 0) is 6.54 Å². The number of carbonyl (C=O) groups excluding carboxylic acids is 1. The van der Waals surface area contributed by atoms with Gasteiger partial charge in [-0.1, -0.05) is 71.4 Å². The normalized spacial score (nSPS) is 11.0. The van der Waals surface area contributed by atoms with Gasteiger partial charge in [0.05, 0.1) is 0 Å². The summed E-state index contributed by atoms with van der Waals surface area (Å²) in [7, 11) is 0. The van der Waals surface area contributed by atoms with Crippen molar-refractivity contribution in [3.63, 3.8) is 0 Å². The van der Waals surface area contributed by atoms with Gasteiger partial charge in [0.15, 0.2) is 0 Å². The number of aryl methyl sites for hydroxylation is 1. The Morgan fingerprint density at radius 3 is 2.26 bits per heavy atom. The average molecular weight is 412 g/mol. The molecule has 5 nitrogen and oxygen atoms in total. The van der Waals surface area contributed by atoms with Gasteiger partial charge in [-0.3, -0.25) is 4.79 Å². The smallest absolute Gasteiger partial charge is 0.254 e. The Bertz CT molecular complexity index is 1160. The summed E-state index contributed by atoms with van der Waals surface area (Å²) in [6.07, 6.45) is 0. The van der Waals surface area contributed by atoms with E-state index in [0.717, 1.165) is 22.3 Å². The van der Waals surface area contributed by atoms with E-state index < -0.39 is 0 Å². The predicted octanol–water partition coefficient (Wildman–Crippen LogP) is 5.76. The first-order valence-electron chi connectivity index (χ1n) is 10.4. The van der Waals surface area contributed by atoms with E-state index in [9.17, 15) is 4.79 Å². The van der Waals surface area contributed by atoms with E-state index in [2.05, 4.69) is 22.3 Å². The molecule has 31 heavy (non-hydrogen) atoms. The van der Waals surface area contributed by atoms with Crippen molar-refractivity contribution < 1.29 is 9.32 Å². The number of hydrogen-bond donors (Lipinski definition) is 0. The van der Waals surface area contributed by atoms with Crippen LogP contribution in [0.4, 0.5) is 0 Å². The van der Waals surface area contributed by atoms with Crippen molar-refractivity contribution in [1.29, 1.82) is 0 Å². The van der Waals surface area contributed by atoms with Gasteiger partial charge >= 0.3 is 0 Å². The topological polar surface area (TPSA) is 59.2 Å². The molecule has 4 rings (SSSR count). The van der Waals surface area contributed by atoms with Crippen LogP contribution in [0.3, 0.4) is 0 Å². The number of benzene rings is 3. The van der Waals surface area contributed by atoms with E-state index in [1.807, 2.05) is 87.5 Å². The summed E-state index contributed by atoms with van der Waals surface area (Å²) in [6.45, 7) is 6.24. The largest absolute Gasteiger partial charge is 0.337 e. The first-order chi connectivity index (χ1) is 15.0. The lowest BCUT2D eigenvalue weighted by atomic mass is 10.0. The SMILES string of the molecule is Cc1cccc(-c2noc(CN(C(=O)c3ccc(-c4ccccc4)cc3)C(C)C)n2)c1. The lowest BCUT2D eigenvalue weighted by Gasteiger charge is -2.25. The molecule has 0 aliphatic rings. The Kier molecular flexibility index (Phi) is 5.94. The molecule has 1 amide bonds. The van der Waals surface area contributed by atoms with Gasteiger partial charge in [-0.25, -0.2) is 0 Å².